The molecule has 0 saturated heterocycles. The van der Waals surface area contributed by atoms with Gasteiger partial charge in [-0.2, -0.15) is 0 Å². The monoisotopic (exact) mass is 265 g/mol. The lowest BCUT2D eigenvalue weighted by atomic mass is 10.0. The summed E-state index contributed by atoms with van der Waals surface area (Å²) in [7, 11) is 0. The average molecular weight is 265 g/mol. The quantitative estimate of drug-likeness (QED) is 0.701. The number of oxazole rings is 1. The predicted molar refractivity (Wildman–Crippen MR) is 78.5 cm³/mol. The Hall–Kier alpha value is -2.55. The highest BCUT2D eigenvalue weighted by atomic mass is 16.6. The zero-order valence-electron chi connectivity index (χ0n) is 11.2. The highest BCUT2D eigenvalue weighted by molar-refractivity contribution is 5.67. The van der Waals surface area contributed by atoms with Gasteiger partial charge in [0.2, 0.25) is 5.89 Å². The molecule has 20 heavy (non-hydrogen) atoms. The van der Waals surface area contributed by atoms with Crippen LogP contribution in [-0.4, -0.2) is 11.6 Å². The number of benzene rings is 2. The molecule has 0 saturated carbocycles. The lowest BCUT2D eigenvalue weighted by Crippen LogP contribution is -1.87. The minimum Gasteiger partial charge on any atom is -0.464 e. The van der Waals surface area contributed by atoms with Crippen LogP contribution >= 0.6 is 0 Å². The largest absolute Gasteiger partial charge is 0.464 e. The van der Waals surface area contributed by atoms with Crippen molar-refractivity contribution in [2.45, 2.75) is 6.92 Å². The molecule has 0 unspecified atom stereocenters. The van der Waals surface area contributed by atoms with E-state index >= 15 is 0 Å². The highest BCUT2D eigenvalue weighted by Crippen LogP contribution is 2.26. The molecule has 0 radical (unpaired) electrons. The maximum atomic E-state index is 5.52. The molecule has 2 aromatic carbocycles. The van der Waals surface area contributed by atoms with Crippen molar-refractivity contribution in [2.75, 3.05) is 6.61 Å². The summed E-state index contributed by atoms with van der Waals surface area (Å²) in [5, 5.41) is 0. The fourth-order valence-electron chi connectivity index (χ4n) is 2.04. The Morgan fingerprint density at radius 3 is 2.25 bits per heavy atom. The van der Waals surface area contributed by atoms with Gasteiger partial charge >= 0.3 is 5.95 Å². The lowest BCUT2D eigenvalue weighted by molar-refractivity contribution is 0.260. The van der Waals surface area contributed by atoms with E-state index in [1.807, 2.05) is 37.3 Å². The van der Waals surface area contributed by atoms with Crippen molar-refractivity contribution in [3.63, 3.8) is 0 Å². The van der Waals surface area contributed by atoms with Gasteiger partial charge in [-0.25, -0.2) is 4.98 Å². The van der Waals surface area contributed by atoms with Gasteiger partial charge in [-0.3, -0.25) is 0 Å². The minimum absolute atomic E-state index is 0.453. The molecule has 1 heterocycles. The van der Waals surface area contributed by atoms with Crippen LogP contribution in [0.3, 0.4) is 0 Å². The van der Waals surface area contributed by atoms with E-state index in [1.165, 1.54) is 11.1 Å². The molecule has 3 nitrogen and oxygen atoms in total. The second kappa shape index (κ2) is 5.61. The van der Waals surface area contributed by atoms with Crippen LogP contribution in [0.4, 0.5) is 0 Å². The zero-order chi connectivity index (χ0) is 13.8. The molecule has 1 aromatic heterocycles. The Morgan fingerprint density at radius 1 is 0.900 bits per heavy atom. The molecular weight excluding hydrogens is 250 g/mol. The van der Waals surface area contributed by atoms with Gasteiger partial charge in [0.25, 0.3) is 0 Å². The van der Waals surface area contributed by atoms with Gasteiger partial charge in [0, 0.05) is 5.56 Å². The third-order valence-electron chi connectivity index (χ3n) is 3.01. The Labute approximate surface area is 117 Å². The Balaban J connectivity index is 1.85. The third kappa shape index (κ3) is 2.57. The fraction of sp³-hybridized carbons (Fsp3) is 0.118. The van der Waals surface area contributed by atoms with Crippen molar-refractivity contribution in [1.82, 2.24) is 4.98 Å². The summed E-state index contributed by atoms with van der Waals surface area (Å²) >= 11 is 0. The third-order valence-corrected chi connectivity index (χ3v) is 3.01. The van der Waals surface area contributed by atoms with Gasteiger partial charge in [0.1, 0.15) is 6.20 Å². The number of hydrogen-bond donors (Lipinski definition) is 0. The number of ether oxygens (including phenoxy) is 1. The topological polar surface area (TPSA) is 35.3 Å². The molecule has 0 atom stereocenters. The predicted octanol–water partition coefficient (Wildman–Crippen LogP) is 4.41. The smallest absolute Gasteiger partial charge is 0.305 e. The van der Waals surface area contributed by atoms with Crippen molar-refractivity contribution in [2.24, 2.45) is 0 Å². The zero-order valence-corrected chi connectivity index (χ0v) is 11.2. The number of rotatable bonds is 4. The molecular formula is C17H15NO2. The highest BCUT2D eigenvalue weighted by Gasteiger charge is 2.07. The maximum Gasteiger partial charge on any atom is 0.305 e. The molecule has 0 bridgehead atoms. The van der Waals surface area contributed by atoms with E-state index in [2.05, 4.69) is 29.2 Å². The summed E-state index contributed by atoms with van der Waals surface area (Å²) in [6, 6.07) is 18.4. The maximum absolute atomic E-state index is 5.52. The summed E-state index contributed by atoms with van der Waals surface area (Å²) < 4.78 is 10.8. The molecule has 100 valence electrons. The summed E-state index contributed by atoms with van der Waals surface area (Å²) in [5.41, 5.74) is 3.31. The average Bonchev–Trinajstić information content (AvgIpc) is 2.97. The van der Waals surface area contributed by atoms with E-state index in [1.54, 1.807) is 6.20 Å². The molecule has 3 rings (SSSR count). The molecule has 0 amide bonds. The van der Waals surface area contributed by atoms with E-state index in [0.29, 0.717) is 18.4 Å². The van der Waals surface area contributed by atoms with Gasteiger partial charge in [0.05, 0.1) is 6.61 Å². The van der Waals surface area contributed by atoms with E-state index in [-0.39, 0.29) is 0 Å². The molecule has 0 aliphatic carbocycles. The van der Waals surface area contributed by atoms with Crippen molar-refractivity contribution in [3.05, 3.63) is 60.8 Å². The second-order valence-corrected chi connectivity index (χ2v) is 4.36. The van der Waals surface area contributed by atoms with Gasteiger partial charge in [-0.05, 0) is 30.2 Å². The number of aromatic nitrogens is 1. The van der Waals surface area contributed by atoms with Crippen LogP contribution in [0.25, 0.3) is 22.6 Å². The van der Waals surface area contributed by atoms with Crippen molar-refractivity contribution in [3.8, 4) is 28.5 Å². The van der Waals surface area contributed by atoms with Crippen LogP contribution in [0, 0.1) is 0 Å². The summed E-state index contributed by atoms with van der Waals surface area (Å²) in [5.74, 6) is 1.03. The molecule has 0 fully saturated rings. The molecule has 3 aromatic rings. The Morgan fingerprint density at radius 2 is 1.55 bits per heavy atom. The van der Waals surface area contributed by atoms with Crippen LogP contribution in [0.15, 0.2) is 65.2 Å². The Kier molecular flexibility index (Phi) is 3.50. The molecule has 0 spiro atoms. The van der Waals surface area contributed by atoms with Crippen molar-refractivity contribution in [1.29, 1.82) is 0 Å². The first-order valence-corrected chi connectivity index (χ1v) is 6.61. The molecule has 0 aliphatic heterocycles. The fourth-order valence-corrected chi connectivity index (χ4v) is 2.04. The van der Waals surface area contributed by atoms with Crippen molar-refractivity contribution >= 4 is 0 Å². The van der Waals surface area contributed by atoms with E-state index in [4.69, 9.17) is 9.15 Å². The van der Waals surface area contributed by atoms with Crippen LogP contribution < -0.4 is 4.74 Å². The van der Waals surface area contributed by atoms with Gasteiger partial charge in [-0.1, -0.05) is 42.5 Å². The van der Waals surface area contributed by atoms with Gasteiger partial charge < -0.3 is 9.15 Å². The molecule has 0 aliphatic rings. The second-order valence-electron chi connectivity index (χ2n) is 4.36. The van der Waals surface area contributed by atoms with Crippen LogP contribution in [0.5, 0.6) is 5.95 Å². The number of nitrogens with zero attached hydrogens (tertiary/aromatic N) is 1. The van der Waals surface area contributed by atoms with Gasteiger partial charge in [-0.15, -0.1) is 0 Å². The van der Waals surface area contributed by atoms with E-state index in [0.717, 1.165) is 5.56 Å². The molecule has 3 heteroatoms. The first kappa shape index (κ1) is 12.5. The van der Waals surface area contributed by atoms with E-state index in [9.17, 15) is 0 Å². The molecule has 0 N–H and O–H groups in total. The first-order valence-electron chi connectivity index (χ1n) is 6.61. The van der Waals surface area contributed by atoms with Crippen molar-refractivity contribution < 1.29 is 9.15 Å². The van der Waals surface area contributed by atoms with Crippen LogP contribution in [0.2, 0.25) is 0 Å². The van der Waals surface area contributed by atoms with Crippen LogP contribution in [0.1, 0.15) is 6.92 Å². The summed E-state index contributed by atoms with van der Waals surface area (Å²) in [6.45, 7) is 2.48. The SMILES string of the molecule is CCOc1cnc(-c2ccc(-c3ccccc3)cc2)o1. The lowest BCUT2D eigenvalue weighted by Gasteiger charge is -2.02. The summed E-state index contributed by atoms with van der Waals surface area (Å²) in [6.07, 6.45) is 1.60. The number of hydrogen-bond acceptors (Lipinski definition) is 3. The Bertz CT molecular complexity index is 672. The van der Waals surface area contributed by atoms with Gasteiger partial charge in [0.15, 0.2) is 0 Å². The normalized spacial score (nSPS) is 10.4. The van der Waals surface area contributed by atoms with E-state index < -0.39 is 0 Å². The standard InChI is InChI=1S/C17H15NO2/c1-2-19-16-12-18-17(20-16)15-10-8-14(9-11-15)13-6-4-3-5-7-13/h3-12H,2H2,1H3. The first-order chi connectivity index (χ1) is 9.86. The minimum atomic E-state index is 0.453. The van der Waals surface area contributed by atoms with Crippen LogP contribution in [-0.2, 0) is 0 Å². The summed E-state index contributed by atoms with van der Waals surface area (Å²) in [4.78, 5) is 4.22.